The third kappa shape index (κ3) is 3.27. The van der Waals surface area contributed by atoms with Crippen LogP contribution in [0.3, 0.4) is 0 Å². The number of ether oxygens (including phenoxy) is 1. The van der Waals surface area contributed by atoms with Crippen molar-refractivity contribution in [3.63, 3.8) is 0 Å². The first-order valence-electron chi connectivity index (χ1n) is 8.55. The lowest BCUT2D eigenvalue weighted by Crippen LogP contribution is -2.42. The molecule has 2 amide bonds. The highest BCUT2D eigenvalue weighted by atomic mass is 19.1. The SMILES string of the molecule is COc1ccc(CCNC(=O)N2C[C@@H]3CCC[C@@]3(C(=O)O)C2)cc1F. The topological polar surface area (TPSA) is 78.9 Å². The van der Waals surface area contributed by atoms with Gasteiger partial charge in [0, 0.05) is 19.6 Å². The van der Waals surface area contributed by atoms with Gasteiger partial charge in [-0.2, -0.15) is 0 Å². The summed E-state index contributed by atoms with van der Waals surface area (Å²) in [6.45, 7) is 1.14. The van der Waals surface area contributed by atoms with E-state index >= 15 is 0 Å². The van der Waals surface area contributed by atoms with Crippen LogP contribution in [0.2, 0.25) is 0 Å². The molecule has 1 heterocycles. The molecule has 0 unspecified atom stereocenters. The molecule has 2 aliphatic rings. The Morgan fingerprint density at radius 1 is 1.48 bits per heavy atom. The van der Waals surface area contributed by atoms with Gasteiger partial charge in [0.05, 0.1) is 12.5 Å². The average Bonchev–Trinajstić information content (AvgIpc) is 3.13. The predicted molar refractivity (Wildman–Crippen MR) is 89.0 cm³/mol. The fourth-order valence-corrected chi connectivity index (χ4v) is 4.08. The van der Waals surface area contributed by atoms with Gasteiger partial charge in [-0.05, 0) is 42.9 Å². The standard InChI is InChI=1S/C18H23FN2O4/c1-25-15-5-4-12(9-14(15)19)6-8-20-17(24)21-10-13-3-2-7-18(13,11-21)16(22)23/h4-5,9,13H,2-3,6-8,10-11H2,1H3,(H,20,24)(H,22,23)/t13-,18+/m0/s1. The van der Waals surface area contributed by atoms with Gasteiger partial charge in [-0.1, -0.05) is 12.5 Å². The molecule has 0 spiro atoms. The highest BCUT2D eigenvalue weighted by Gasteiger charge is 2.55. The molecule has 0 bridgehead atoms. The molecule has 1 aliphatic heterocycles. The van der Waals surface area contributed by atoms with Crippen molar-refractivity contribution in [3.05, 3.63) is 29.6 Å². The Labute approximate surface area is 146 Å². The minimum atomic E-state index is -0.793. The summed E-state index contributed by atoms with van der Waals surface area (Å²) in [5.41, 5.74) is -0.00454. The molecular formula is C18H23FN2O4. The van der Waals surface area contributed by atoms with E-state index in [1.54, 1.807) is 17.0 Å². The lowest BCUT2D eigenvalue weighted by Gasteiger charge is -2.23. The summed E-state index contributed by atoms with van der Waals surface area (Å²) in [7, 11) is 1.41. The molecule has 7 heteroatoms. The number of urea groups is 1. The number of halogens is 1. The molecule has 1 aliphatic carbocycles. The molecule has 1 aromatic rings. The Hall–Kier alpha value is -2.31. The molecular weight excluding hydrogens is 327 g/mol. The molecule has 0 radical (unpaired) electrons. The molecule has 6 nitrogen and oxygen atoms in total. The van der Waals surface area contributed by atoms with Gasteiger partial charge in [0.1, 0.15) is 0 Å². The van der Waals surface area contributed by atoms with E-state index in [2.05, 4.69) is 5.32 Å². The number of aliphatic carboxylic acids is 1. The second-order valence-electron chi connectivity index (χ2n) is 6.88. The van der Waals surface area contributed by atoms with Crippen LogP contribution in [-0.4, -0.2) is 48.8 Å². The maximum absolute atomic E-state index is 13.7. The second-order valence-corrected chi connectivity index (χ2v) is 6.88. The van der Waals surface area contributed by atoms with Crippen molar-refractivity contribution in [2.24, 2.45) is 11.3 Å². The maximum Gasteiger partial charge on any atom is 0.317 e. The Morgan fingerprint density at radius 2 is 2.28 bits per heavy atom. The number of nitrogens with zero attached hydrogens (tertiary/aromatic N) is 1. The average molecular weight is 350 g/mol. The largest absolute Gasteiger partial charge is 0.494 e. The Morgan fingerprint density at radius 3 is 2.92 bits per heavy atom. The van der Waals surface area contributed by atoms with Crippen LogP contribution in [0.15, 0.2) is 18.2 Å². The van der Waals surface area contributed by atoms with Crippen LogP contribution in [0.1, 0.15) is 24.8 Å². The number of hydrogen-bond acceptors (Lipinski definition) is 3. The number of benzene rings is 1. The molecule has 1 aromatic carbocycles. The van der Waals surface area contributed by atoms with Crippen molar-refractivity contribution in [1.29, 1.82) is 0 Å². The van der Waals surface area contributed by atoms with Gasteiger partial charge in [0.15, 0.2) is 11.6 Å². The number of carboxylic acid groups (broad SMARTS) is 1. The number of amides is 2. The molecule has 0 aromatic heterocycles. The van der Waals surface area contributed by atoms with Crippen LogP contribution in [0, 0.1) is 17.2 Å². The van der Waals surface area contributed by atoms with Gasteiger partial charge in [-0.3, -0.25) is 4.79 Å². The van der Waals surface area contributed by atoms with Crippen LogP contribution in [0.4, 0.5) is 9.18 Å². The van der Waals surface area contributed by atoms with E-state index in [1.807, 2.05) is 0 Å². The summed E-state index contributed by atoms with van der Waals surface area (Å²) in [6.07, 6.45) is 2.91. The molecule has 25 heavy (non-hydrogen) atoms. The number of carboxylic acids is 1. The van der Waals surface area contributed by atoms with Crippen molar-refractivity contribution in [1.82, 2.24) is 10.2 Å². The zero-order chi connectivity index (χ0) is 18.0. The fraction of sp³-hybridized carbons (Fsp3) is 0.556. The normalized spacial score (nSPS) is 24.9. The van der Waals surface area contributed by atoms with E-state index in [1.165, 1.54) is 13.2 Å². The summed E-state index contributed by atoms with van der Waals surface area (Å²) >= 11 is 0. The maximum atomic E-state index is 13.7. The summed E-state index contributed by atoms with van der Waals surface area (Å²) < 4.78 is 18.5. The molecule has 3 rings (SSSR count). The van der Waals surface area contributed by atoms with Gasteiger partial charge >= 0.3 is 12.0 Å². The number of carbonyl (C=O) groups is 2. The monoisotopic (exact) mass is 350 g/mol. The van der Waals surface area contributed by atoms with Crippen molar-refractivity contribution < 1.29 is 23.8 Å². The van der Waals surface area contributed by atoms with Crippen LogP contribution >= 0.6 is 0 Å². The van der Waals surface area contributed by atoms with E-state index in [0.717, 1.165) is 18.4 Å². The highest BCUT2D eigenvalue weighted by Crippen LogP contribution is 2.48. The fourth-order valence-electron chi connectivity index (χ4n) is 4.08. The predicted octanol–water partition coefficient (Wildman–Crippen LogP) is 2.27. The van der Waals surface area contributed by atoms with E-state index in [9.17, 15) is 19.1 Å². The van der Waals surface area contributed by atoms with Crippen molar-refractivity contribution >= 4 is 12.0 Å². The summed E-state index contributed by atoms with van der Waals surface area (Å²) in [5, 5.41) is 12.4. The van der Waals surface area contributed by atoms with E-state index < -0.39 is 17.2 Å². The molecule has 2 atom stereocenters. The first-order valence-corrected chi connectivity index (χ1v) is 8.55. The van der Waals surface area contributed by atoms with Crippen molar-refractivity contribution in [3.8, 4) is 5.75 Å². The summed E-state index contributed by atoms with van der Waals surface area (Å²) in [6, 6.07) is 4.47. The second kappa shape index (κ2) is 6.90. The minimum absolute atomic E-state index is 0.0476. The number of carbonyl (C=O) groups excluding carboxylic acids is 1. The molecule has 1 saturated heterocycles. The lowest BCUT2D eigenvalue weighted by atomic mass is 9.81. The molecule has 2 fully saturated rings. The number of rotatable bonds is 5. The Bertz CT molecular complexity index is 681. The molecule has 2 N–H and O–H groups in total. The minimum Gasteiger partial charge on any atom is -0.494 e. The van der Waals surface area contributed by atoms with Crippen LogP contribution in [0.5, 0.6) is 5.75 Å². The third-order valence-corrected chi connectivity index (χ3v) is 5.49. The van der Waals surface area contributed by atoms with Crippen molar-refractivity contribution in [2.75, 3.05) is 26.7 Å². The summed E-state index contributed by atoms with van der Waals surface area (Å²) in [5.74, 6) is -0.983. The Balaban J connectivity index is 1.52. The highest BCUT2D eigenvalue weighted by molar-refractivity contribution is 5.80. The zero-order valence-electron chi connectivity index (χ0n) is 14.3. The smallest absolute Gasteiger partial charge is 0.317 e. The van der Waals surface area contributed by atoms with E-state index in [0.29, 0.717) is 25.9 Å². The van der Waals surface area contributed by atoms with Gasteiger partial charge in [-0.15, -0.1) is 0 Å². The quantitative estimate of drug-likeness (QED) is 0.854. The number of fused-ring (bicyclic) bond motifs is 1. The molecule has 1 saturated carbocycles. The first-order chi connectivity index (χ1) is 12.0. The summed E-state index contributed by atoms with van der Waals surface area (Å²) in [4.78, 5) is 25.6. The van der Waals surface area contributed by atoms with Crippen LogP contribution in [-0.2, 0) is 11.2 Å². The van der Waals surface area contributed by atoms with E-state index in [4.69, 9.17) is 4.74 Å². The van der Waals surface area contributed by atoms with Gasteiger partial charge in [0.25, 0.3) is 0 Å². The van der Waals surface area contributed by atoms with Crippen LogP contribution < -0.4 is 10.1 Å². The third-order valence-electron chi connectivity index (χ3n) is 5.49. The lowest BCUT2D eigenvalue weighted by molar-refractivity contribution is -0.149. The number of likely N-dealkylation sites (tertiary alicyclic amines) is 1. The van der Waals surface area contributed by atoms with Gasteiger partial charge < -0.3 is 20.1 Å². The van der Waals surface area contributed by atoms with Crippen molar-refractivity contribution in [2.45, 2.75) is 25.7 Å². The molecule has 136 valence electrons. The van der Waals surface area contributed by atoms with E-state index in [-0.39, 0.29) is 24.2 Å². The number of methoxy groups -OCH3 is 1. The Kier molecular flexibility index (Phi) is 4.83. The zero-order valence-corrected chi connectivity index (χ0v) is 14.3. The van der Waals surface area contributed by atoms with Gasteiger partial charge in [0.2, 0.25) is 0 Å². The van der Waals surface area contributed by atoms with Gasteiger partial charge in [-0.25, -0.2) is 9.18 Å². The first kappa shape index (κ1) is 17.5. The number of hydrogen-bond donors (Lipinski definition) is 2. The van der Waals surface area contributed by atoms with Crippen LogP contribution in [0.25, 0.3) is 0 Å². The number of nitrogens with one attached hydrogen (secondary N) is 1.